The highest BCUT2D eigenvalue weighted by molar-refractivity contribution is 6.08. The van der Waals surface area contributed by atoms with E-state index in [0.717, 1.165) is 35.2 Å². The fourth-order valence-corrected chi connectivity index (χ4v) is 3.96. The minimum Gasteiger partial charge on any atom is -0.488 e. The molecule has 1 aromatic carbocycles. The molecule has 1 aliphatic carbocycles. The van der Waals surface area contributed by atoms with Crippen LogP contribution in [0.3, 0.4) is 0 Å². The zero-order valence-electron chi connectivity index (χ0n) is 17.1. The molecule has 0 radical (unpaired) electrons. The number of benzene rings is 1. The molecule has 2 saturated heterocycles. The molecule has 1 aromatic heterocycles. The van der Waals surface area contributed by atoms with Gasteiger partial charge in [-0.2, -0.15) is 0 Å². The Hall–Kier alpha value is -2.87. The van der Waals surface area contributed by atoms with E-state index in [2.05, 4.69) is 20.2 Å². The van der Waals surface area contributed by atoms with Gasteiger partial charge >= 0.3 is 0 Å². The van der Waals surface area contributed by atoms with Gasteiger partial charge in [0.05, 0.1) is 36.8 Å². The lowest BCUT2D eigenvalue weighted by atomic mass is 10.0. The number of carbonyl (C=O) groups is 1. The molecule has 3 N–H and O–H groups in total. The first-order chi connectivity index (χ1) is 14.6. The molecule has 158 valence electrons. The van der Waals surface area contributed by atoms with Crippen molar-refractivity contribution in [1.29, 1.82) is 5.41 Å². The molecule has 1 saturated carbocycles. The van der Waals surface area contributed by atoms with E-state index in [9.17, 15) is 4.79 Å². The molecule has 5 rings (SSSR count). The predicted octanol–water partition coefficient (Wildman–Crippen LogP) is 2.14. The number of allylic oxidation sites excluding steroid dienone is 1. The van der Waals surface area contributed by atoms with Crippen molar-refractivity contribution in [2.45, 2.75) is 44.4 Å². The number of amides is 1. The number of fused-ring (bicyclic) bond motifs is 1. The number of nitrogens with one attached hydrogen (secondary N) is 3. The molecule has 2 atom stereocenters. The van der Waals surface area contributed by atoms with Crippen molar-refractivity contribution in [2.75, 3.05) is 19.8 Å². The molecule has 8 heteroatoms. The van der Waals surface area contributed by atoms with Crippen LogP contribution in [-0.2, 0) is 9.53 Å². The second-order valence-corrected chi connectivity index (χ2v) is 8.46. The summed E-state index contributed by atoms with van der Waals surface area (Å²) in [4.78, 5) is 16.2. The number of aromatic nitrogens is 2. The Bertz CT molecular complexity index is 1010. The summed E-state index contributed by atoms with van der Waals surface area (Å²) in [5, 5.41) is 14.6. The predicted molar refractivity (Wildman–Crippen MR) is 113 cm³/mol. The lowest BCUT2D eigenvalue weighted by Gasteiger charge is -2.25. The summed E-state index contributed by atoms with van der Waals surface area (Å²) < 4.78 is 13.7. The second-order valence-electron chi connectivity index (χ2n) is 8.46. The minimum absolute atomic E-state index is 0.0775. The van der Waals surface area contributed by atoms with E-state index in [1.165, 1.54) is 0 Å². The van der Waals surface area contributed by atoms with Crippen molar-refractivity contribution >= 4 is 22.7 Å². The normalized spacial score (nSPS) is 22.8. The standard InChI is InChI=1S/C22H27N5O3/c1-13(15-8-21(28)25-9-15)30-20-7-14(18(23)4-5-24-16-10-29-11-16)6-19-22(20)27(12-26-19)17-2-3-17/h4-7,12-13,15-17,23-24H,2-3,8-11H2,1H3,(H,25,28)/b5-4-,23-18?/t13-,15-/m1/s1. The van der Waals surface area contributed by atoms with E-state index in [4.69, 9.17) is 14.9 Å². The molecular weight excluding hydrogens is 382 g/mol. The molecule has 0 spiro atoms. The van der Waals surface area contributed by atoms with Gasteiger partial charge in [0.2, 0.25) is 5.91 Å². The topological polar surface area (TPSA) is 101 Å². The highest BCUT2D eigenvalue weighted by atomic mass is 16.5. The van der Waals surface area contributed by atoms with Crippen LogP contribution in [0.5, 0.6) is 5.75 Å². The first-order valence-corrected chi connectivity index (χ1v) is 10.6. The maximum absolute atomic E-state index is 11.6. The molecule has 2 aromatic rings. The van der Waals surface area contributed by atoms with Gasteiger partial charge in [0.1, 0.15) is 17.4 Å². The smallest absolute Gasteiger partial charge is 0.220 e. The van der Waals surface area contributed by atoms with E-state index in [-0.39, 0.29) is 17.9 Å². The zero-order chi connectivity index (χ0) is 20.7. The monoisotopic (exact) mass is 409 g/mol. The summed E-state index contributed by atoms with van der Waals surface area (Å²) in [6.45, 7) is 4.06. The van der Waals surface area contributed by atoms with E-state index >= 15 is 0 Å². The van der Waals surface area contributed by atoms with Crippen LogP contribution < -0.4 is 15.4 Å². The van der Waals surface area contributed by atoms with Crippen molar-refractivity contribution < 1.29 is 14.3 Å². The fourth-order valence-electron chi connectivity index (χ4n) is 3.96. The first-order valence-electron chi connectivity index (χ1n) is 10.6. The van der Waals surface area contributed by atoms with Gasteiger partial charge in [0.25, 0.3) is 0 Å². The lowest BCUT2D eigenvalue weighted by molar-refractivity contribution is -0.119. The average molecular weight is 409 g/mol. The van der Waals surface area contributed by atoms with Gasteiger partial charge in [-0.05, 0) is 44.2 Å². The Balaban J connectivity index is 1.42. The molecule has 8 nitrogen and oxygen atoms in total. The van der Waals surface area contributed by atoms with Crippen molar-refractivity contribution in [2.24, 2.45) is 5.92 Å². The van der Waals surface area contributed by atoms with E-state index in [0.29, 0.717) is 44.0 Å². The van der Waals surface area contributed by atoms with Crippen LogP contribution in [0.2, 0.25) is 0 Å². The van der Waals surface area contributed by atoms with Gasteiger partial charge < -0.3 is 30.1 Å². The third kappa shape index (κ3) is 3.79. The van der Waals surface area contributed by atoms with Crippen LogP contribution in [0.15, 0.2) is 30.7 Å². The SMILES string of the molecule is C[C@@H](Oc1cc(C(=N)/C=C\NC2COC2)cc2ncn(C3CC3)c12)[C@H]1CNC(=O)C1. The molecule has 2 aliphatic heterocycles. The van der Waals surface area contributed by atoms with Crippen molar-refractivity contribution in [3.8, 4) is 5.75 Å². The summed E-state index contributed by atoms with van der Waals surface area (Å²) in [7, 11) is 0. The molecule has 0 unspecified atom stereocenters. The van der Waals surface area contributed by atoms with Gasteiger partial charge in [-0.15, -0.1) is 0 Å². The highest BCUT2D eigenvalue weighted by Gasteiger charge is 2.30. The number of rotatable bonds is 8. The van der Waals surface area contributed by atoms with Gasteiger partial charge in [-0.3, -0.25) is 4.79 Å². The second kappa shape index (κ2) is 7.75. The maximum Gasteiger partial charge on any atom is 0.220 e. The Labute approximate surface area is 175 Å². The van der Waals surface area contributed by atoms with Gasteiger partial charge in [0, 0.05) is 30.5 Å². The van der Waals surface area contributed by atoms with Gasteiger partial charge in [0.15, 0.2) is 0 Å². The largest absolute Gasteiger partial charge is 0.488 e. The number of carbonyl (C=O) groups excluding carboxylic acids is 1. The Morgan fingerprint density at radius 2 is 2.27 bits per heavy atom. The number of imidazole rings is 1. The summed E-state index contributed by atoms with van der Waals surface area (Å²) in [6.07, 6.45) is 8.11. The summed E-state index contributed by atoms with van der Waals surface area (Å²) in [5.41, 5.74) is 2.96. The maximum atomic E-state index is 11.6. The fraction of sp³-hybridized carbons (Fsp3) is 0.500. The summed E-state index contributed by atoms with van der Waals surface area (Å²) in [6, 6.07) is 4.68. The van der Waals surface area contributed by atoms with E-state index < -0.39 is 0 Å². The van der Waals surface area contributed by atoms with Crippen LogP contribution in [0, 0.1) is 11.3 Å². The van der Waals surface area contributed by atoms with Crippen LogP contribution in [0.1, 0.15) is 37.8 Å². The third-order valence-corrected chi connectivity index (χ3v) is 6.09. The number of ether oxygens (including phenoxy) is 2. The molecule has 3 heterocycles. The summed E-state index contributed by atoms with van der Waals surface area (Å²) in [5.74, 6) is 0.952. The van der Waals surface area contributed by atoms with Crippen LogP contribution in [0.25, 0.3) is 11.0 Å². The van der Waals surface area contributed by atoms with Gasteiger partial charge in [-0.1, -0.05) is 0 Å². The number of hydrogen-bond donors (Lipinski definition) is 3. The van der Waals surface area contributed by atoms with Crippen molar-refractivity contribution in [3.05, 3.63) is 36.3 Å². The van der Waals surface area contributed by atoms with Crippen LogP contribution in [-0.4, -0.2) is 53.1 Å². The molecule has 3 aliphatic rings. The quantitative estimate of drug-likeness (QED) is 0.580. The molecule has 0 bridgehead atoms. The third-order valence-electron chi connectivity index (χ3n) is 6.09. The highest BCUT2D eigenvalue weighted by Crippen LogP contribution is 2.40. The Morgan fingerprint density at radius 3 is 2.93 bits per heavy atom. The van der Waals surface area contributed by atoms with Crippen LogP contribution in [0.4, 0.5) is 0 Å². The van der Waals surface area contributed by atoms with E-state index in [1.807, 2.05) is 31.6 Å². The Kier molecular flexibility index (Phi) is 4.94. The molecule has 30 heavy (non-hydrogen) atoms. The van der Waals surface area contributed by atoms with E-state index in [1.54, 1.807) is 6.08 Å². The number of nitrogens with zero attached hydrogens (tertiary/aromatic N) is 2. The number of hydrogen-bond acceptors (Lipinski definition) is 6. The first kappa shape index (κ1) is 19.1. The van der Waals surface area contributed by atoms with Crippen LogP contribution >= 0.6 is 0 Å². The van der Waals surface area contributed by atoms with Crippen molar-refractivity contribution in [1.82, 2.24) is 20.2 Å². The lowest BCUT2D eigenvalue weighted by Crippen LogP contribution is -2.43. The van der Waals surface area contributed by atoms with Gasteiger partial charge in [-0.25, -0.2) is 4.98 Å². The molecule has 1 amide bonds. The summed E-state index contributed by atoms with van der Waals surface area (Å²) >= 11 is 0. The Morgan fingerprint density at radius 1 is 1.43 bits per heavy atom. The average Bonchev–Trinajstić information content (AvgIpc) is 3.29. The zero-order valence-corrected chi connectivity index (χ0v) is 17.1. The molecular formula is C22H27N5O3. The molecule has 3 fully saturated rings. The van der Waals surface area contributed by atoms with Crippen molar-refractivity contribution in [3.63, 3.8) is 0 Å². The minimum atomic E-state index is -0.116.